The van der Waals surface area contributed by atoms with Crippen molar-refractivity contribution in [3.8, 4) is 11.3 Å². The Hall–Kier alpha value is -4.09. The number of alkyl halides is 8. The van der Waals surface area contributed by atoms with Gasteiger partial charge in [0.1, 0.15) is 30.5 Å². The van der Waals surface area contributed by atoms with Crippen molar-refractivity contribution in [1.82, 2.24) is 24.8 Å². The molecular formula is C24H21F9N6O3. The van der Waals surface area contributed by atoms with Crippen molar-refractivity contribution in [2.75, 3.05) is 18.8 Å². The zero-order chi connectivity index (χ0) is 31.4. The number of aromatic nitrogens is 3. The molecule has 1 aliphatic rings. The molecule has 3 aromatic rings. The molecule has 1 unspecified atom stereocenters. The lowest BCUT2D eigenvalue weighted by atomic mass is 9.98. The number of benzene rings is 1. The highest BCUT2D eigenvalue weighted by molar-refractivity contribution is 5.97. The van der Waals surface area contributed by atoms with Gasteiger partial charge in [0, 0.05) is 23.2 Å². The number of hydrogen-bond acceptors (Lipinski definition) is 6. The molecule has 1 aromatic carbocycles. The number of rotatable bonds is 6. The van der Waals surface area contributed by atoms with E-state index in [0.717, 1.165) is 19.3 Å². The monoisotopic (exact) mass is 612 g/mol. The molecule has 42 heavy (non-hydrogen) atoms. The van der Waals surface area contributed by atoms with E-state index >= 15 is 0 Å². The molecule has 2 aromatic heterocycles. The number of nitrogens with two attached hydrogens (primary N) is 1. The van der Waals surface area contributed by atoms with Gasteiger partial charge in [0.2, 0.25) is 5.60 Å². The second-order valence-electron chi connectivity index (χ2n) is 9.48. The highest BCUT2D eigenvalue weighted by Gasteiger charge is 2.60. The number of anilines is 1. The summed E-state index contributed by atoms with van der Waals surface area (Å²) in [5.74, 6) is -5.12. The minimum Gasteiger partial charge on any atom is -0.382 e. The van der Waals surface area contributed by atoms with Gasteiger partial charge in [-0.15, -0.1) is 0 Å². The van der Waals surface area contributed by atoms with Crippen molar-refractivity contribution in [2.24, 2.45) is 0 Å². The summed E-state index contributed by atoms with van der Waals surface area (Å²) in [6.45, 7) is -2.45. The first-order chi connectivity index (χ1) is 19.4. The Kier molecular flexibility index (Phi) is 7.81. The van der Waals surface area contributed by atoms with Crippen molar-refractivity contribution in [3.05, 3.63) is 47.0 Å². The van der Waals surface area contributed by atoms with Crippen molar-refractivity contribution in [3.63, 3.8) is 0 Å². The van der Waals surface area contributed by atoms with Crippen LogP contribution in [0.15, 0.2) is 24.5 Å². The normalized spacial score (nSPS) is 19.3. The standard InChI is InChI=1S/C24H21F9N6O3/c1-2-22(42,24(31,32)33)21(41)38-7-15(27)16(8-38)37-20(40)11-3-10(4-14(26)12(11)6-25)17-5-13(23(28,29)30)18-19(34)35-9-36-39(17)18/h3-5,9,15-16,42H,2,6-8H2,1H3,(H,37,40)(H2,34,35,36)/t15-,16+,22?/m0/s1. The Morgan fingerprint density at radius 1 is 1.14 bits per heavy atom. The summed E-state index contributed by atoms with van der Waals surface area (Å²) in [7, 11) is 0. The number of aliphatic hydroxyl groups is 1. The SMILES string of the molecule is CCC(O)(C(=O)N1C[C@H](F)[C@H](NC(=O)c2cc(-c3cc(C(F)(F)F)c4c(N)ncnn34)cc(F)c2CF)C1)C(F)(F)F. The zero-order valence-corrected chi connectivity index (χ0v) is 21.3. The smallest absolute Gasteiger partial charge is 0.382 e. The van der Waals surface area contributed by atoms with Crippen LogP contribution < -0.4 is 11.1 Å². The maximum atomic E-state index is 14.9. The molecule has 2 amide bonds. The fraction of sp³-hybridized carbons (Fsp3) is 0.417. The van der Waals surface area contributed by atoms with E-state index in [1.807, 2.05) is 0 Å². The first-order valence-corrected chi connectivity index (χ1v) is 12.1. The lowest BCUT2D eigenvalue weighted by molar-refractivity contribution is -0.256. The number of nitrogens with zero attached hydrogens (tertiary/aromatic N) is 4. The molecule has 3 heterocycles. The third-order valence-electron chi connectivity index (χ3n) is 6.94. The van der Waals surface area contributed by atoms with Gasteiger partial charge in [-0.3, -0.25) is 9.59 Å². The molecular weight excluding hydrogens is 591 g/mol. The Labute approximate surface area is 230 Å². The average molecular weight is 612 g/mol. The number of likely N-dealkylation sites (tertiary alicyclic amines) is 1. The molecule has 0 aliphatic carbocycles. The number of nitrogens with one attached hydrogen (secondary N) is 1. The number of carbonyl (C=O) groups is 2. The lowest BCUT2D eigenvalue weighted by Gasteiger charge is -2.31. The highest BCUT2D eigenvalue weighted by Crippen LogP contribution is 2.39. The predicted molar refractivity (Wildman–Crippen MR) is 127 cm³/mol. The number of fused-ring (bicyclic) bond motifs is 1. The van der Waals surface area contributed by atoms with Gasteiger partial charge >= 0.3 is 12.4 Å². The fourth-order valence-corrected chi connectivity index (χ4v) is 4.66. The van der Waals surface area contributed by atoms with E-state index < -0.39 is 113 Å². The fourth-order valence-electron chi connectivity index (χ4n) is 4.66. The molecule has 1 fully saturated rings. The minimum absolute atomic E-state index is 0.356. The van der Waals surface area contributed by atoms with E-state index in [1.165, 1.54) is 0 Å². The largest absolute Gasteiger partial charge is 0.426 e. The molecule has 3 atom stereocenters. The van der Waals surface area contributed by atoms with Crippen LogP contribution in [0, 0.1) is 5.82 Å². The van der Waals surface area contributed by atoms with Crippen molar-refractivity contribution in [2.45, 2.75) is 50.2 Å². The molecule has 0 spiro atoms. The molecule has 4 N–H and O–H groups in total. The Balaban J connectivity index is 1.69. The molecule has 18 heteroatoms. The summed E-state index contributed by atoms with van der Waals surface area (Å²) in [4.78, 5) is 29.3. The third-order valence-corrected chi connectivity index (χ3v) is 6.94. The second-order valence-corrected chi connectivity index (χ2v) is 9.48. The third kappa shape index (κ3) is 5.18. The highest BCUT2D eigenvalue weighted by atomic mass is 19.4. The number of nitrogen functional groups attached to an aromatic ring is 1. The predicted octanol–water partition coefficient (Wildman–Crippen LogP) is 3.59. The van der Waals surface area contributed by atoms with E-state index in [-0.39, 0.29) is 0 Å². The van der Waals surface area contributed by atoms with Crippen LogP contribution >= 0.6 is 0 Å². The van der Waals surface area contributed by atoms with E-state index in [2.05, 4.69) is 15.4 Å². The maximum absolute atomic E-state index is 14.9. The number of amides is 2. The summed E-state index contributed by atoms with van der Waals surface area (Å²) < 4.78 is 125. The van der Waals surface area contributed by atoms with Crippen LogP contribution in [0.4, 0.5) is 45.3 Å². The van der Waals surface area contributed by atoms with Crippen LogP contribution in [0.2, 0.25) is 0 Å². The second kappa shape index (κ2) is 10.6. The zero-order valence-electron chi connectivity index (χ0n) is 21.3. The van der Waals surface area contributed by atoms with Gasteiger partial charge in [0.25, 0.3) is 11.8 Å². The molecule has 0 saturated carbocycles. The van der Waals surface area contributed by atoms with Gasteiger partial charge in [0.05, 0.1) is 23.8 Å². The summed E-state index contributed by atoms with van der Waals surface area (Å²) in [6, 6.07) is 0.355. The quantitative estimate of drug-likeness (QED) is 0.366. The van der Waals surface area contributed by atoms with Crippen LogP contribution in [-0.4, -0.2) is 73.5 Å². The van der Waals surface area contributed by atoms with Crippen LogP contribution in [0.3, 0.4) is 0 Å². The van der Waals surface area contributed by atoms with Gasteiger partial charge in [-0.1, -0.05) is 6.92 Å². The van der Waals surface area contributed by atoms with Crippen LogP contribution in [0.5, 0.6) is 0 Å². The first kappa shape index (κ1) is 30.9. The molecule has 0 bridgehead atoms. The molecule has 228 valence electrons. The summed E-state index contributed by atoms with van der Waals surface area (Å²) in [6.07, 6.45) is -12.7. The molecule has 9 nitrogen and oxygen atoms in total. The number of hydrogen-bond donors (Lipinski definition) is 3. The van der Waals surface area contributed by atoms with Gasteiger partial charge in [-0.05, 0) is 24.6 Å². The summed E-state index contributed by atoms with van der Waals surface area (Å²) in [5.41, 5.74) is -2.62. The number of carbonyl (C=O) groups excluding carboxylic acids is 2. The van der Waals surface area contributed by atoms with Gasteiger partial charge < -0.3 is 21.1 Å². The van der Waals surface area contributed by atoms with Crippen molar-refractivity contribution < 1.29 is 54.2 Å². The van der Waals surface area contributed by atoms with E-state index in [9.17, 15) is 54.2 Å². The van der Waals surface area contributed by atoms with Crippen LogP contribution in [0.1, 0.15) is 34.8 Å². The lowest BCUT2D eigenvalue weighted by Crippen LogP contribution is -2.57. The minimum atomic E-state index is -5.38. The first-order valence-electron chi connectivity index (χ1n) is 12.1. The van der Waals surface area contributed by atoms with Crippen molar-refractivity contribution in [1.29, 1.82) is 0 Å². The molecule has 4 rings (SSSR count). The van der Waals surface area contributed by atoms with Gasteiger partial charge in [-0.25, -0.2) is 22.7 Å². The summed E-state index contributed by atoms with van der Waals surface area (Å²) >= 11 is 0. The Morgan fingerprint density at radius 2 is 1.81 bits per heavy atom. The van der Waals surface area contributed by atoms with Crippen LogP contribution in [-0.2, 0) is 17.6 Å². The van der Waals surface area contributed by atoms with Crippen LogP contribution in [0.25, 0.3) is 16.8 Å². The van der Waals surface area contributed by atoms with Gasteiger partial charge in [-0.2, -0.15) is 31.4 Å². The topological polar surface area (TPSA) is 126 Å². The van der Waals surface area contributed by atoms with E-state index in [0.29, 0.717) is 21.5 Å². The van der Waals surface area contributed by atoms with Crippen molar-refractivity contribution >= 4 is 23.1 Å². The molecule has 1 aliphatic heterocycles. The molecule has 0 radical (unpaired) electrons. The Bertz CT molecular complexity index is 1540. The van der Waals surface area contributed by atoms with Gasteiger partial charge in [0.15, 0.2) is 5.82 Å². The van der Waals surface area contributed by atoms with E-state index in [4.69, 9.17) is 5.73 Å². The molecule has 1 saturated heterocycles. The maximum Gasteiger partial charge on any atom is 0.426 e. The van der Waals surface area contributed by atoms with E-state index in [1.54, 1.807) is 0 Å². The Morgan fingerprint density at radius 3 is 2.38 bits per heavy atom. The summed E-state index contributed by atoms with van der Waals surface area (Å²) in [5, 5.41) is 15.7. The average Bonchev–Trinajstić information content (AvgIpc) is 3.48. The number of halogens is 9.